The third-order valence-electron chi connectivity index (χ3n) is 5.12. The number of amides is 1. The summed E-state index contributed by atoms with van der Waals surface area (Å²) in [4.78, 5) is 27.5. The quantitative estimate of drug-likeness (QED) is 0.691. The van der Waals surface area contributed by atoms with Crippen molar-refractivity contribution >= 4 is 27.6 Å². The molecule has 0 aliphatic carbocycles. The number of carbonyl (C=O) groups is 1. The summed E-state index contributed by atoms with van der Waals surface area (Å²) in [7, 11) is 5.55. The fourth-order valence-corrected chi connectivity index (χ4v) is 4.99. The van der Waals surface area contributed by atoms with Crippen LogP contribution in [0.3, 0.4) is 0 Å². The van der Waals surface area contributed by atoms with Gasteiger partial charge in [0.05, 0.1) is 11.1 Å². The molecular formula is C19H24N6OS. The highest BCUT2D eigenvalue weighted by molar-refractivity contribution is 7.20. The number of nitrogens with zero attached hydrogens (tertiary/aromatic N) is 6. The highest BCUT2D eigenvalue weighted by Gasteiger charge is 2.30. The predicted octanol–water partition coefficient (Wildman–Crippen LogP) is 2.51. The second kappa shape index (κ2) is 7.36. The Labute approximate surface area is 162 Å². The second-order valence-electron chi connectivity index (χ2n) is 7.33. The number of aromatic nitrogens is 4. The Balaban J connectivity index is 1.56. The number of thiophene rings is 1. The molecule has 0 saturated carbocycles. The van der Waals surface area contributed by atoms with Gasteiger partial charge in [0.2, 0.25) is 0 Å². The molecule has 8 heteroatoms. The van der Waals surface area contributed by atoms with Crippen LogP contribution in [-0.4, -0.2) is 62.6 Å². The standard InChI is InChI=1S/C19H24N6OS/c1-23(2)19(26)17-15(16-18(27-17)21-7-6-20-16)14-4-8-25(9-5-14)12-13-10-22-24(3)11-13/h6-7,10-11,14H,4-5,8-9,12H2,1-3H3. The molecule has 1 fully saturated rings. The molecule has 27 heavy (non-hydrogen) atoms. The molecule has 0 radical (unpaired) electrons. The lowest BCUT2D eigenvalue weighted by Crippen LogP contribution is -2.33. The highest BCUT2D eigenvalue weighted by Crippen LogP contribution is 2.39. The first-order valence-corrected chi connectivity index (χ1v) is 9.99. The number of piperidine rings is 1. The van der Waals surface area contributed by atoms with E-state index in [1.54, 1.807) is 31.4 Å². The van der Waals surface area contributed by atoms with Gasteiger partial charge in [0, 0.05) is 57.4 Å². The summed E-state index contributed by atoms with van der Waals surface area (Å²) in [6.07, 6.45) is 9.47. The number of fused-ring (bicyclic) bond motifs is 1. The molecule has 3 aromatic heterocycles. The summed E-state index contributed by atoms with van der Waals surface area (Å²) in [5, 5.41) is 4.25. The Morgan fingerprint density at radius 2 is 2.00 bits per heavy atom. The Kier molecular flexibility index (Phi) is 4.92. The summed E-state index contributed by atoms with van der Waals surface area (Å²) >= 11 is 1.47. The van der Waals surface area contributed by atoms with Gasteiger partial charge in [-0.2, -0.15) is 5.10 Å². The molecule has 4 heterocycles. The van der Waals surface area contributed by atoms with Gasteiger partial charge < -0.3 is 4.90 Å². The minimum atomic E-state index is 0.0487. The lowest BCUT2D eigenvalue weighted by Gasteiger charge is -2.32. The Bertz CT molecular complexity index is 954. The minimum absolute atomic E-state index is 0.0487. The smallest absolute Gasteiger partial charge is 0.263 e. The maximum absolute atomic E-state index is 12.7. The van der Waals surface area contributed by atoms with Crippen molar-refractivity contribution in [3.63, 3.8) is 0 Å². The number of hydrogen-bond donors (Lipinski definition) is 0. The molecule has 3 aromatic rings. The molecule has 4 rings (SSSR count). The van der Waals surface area contributed by atoms with Crippen LogP contribution in [0.25, 0.3) is 10.3 Å². The van der Waals surface area contributed by atoms with Gasteiger partial charge in [-0.05, 0) is 31.8 Å². The van der Waals surface area contributed by atoms with Crippen molar-refractivity contribution in [3.05, 3.63) is 40.8 Å². The van der Waals surface area contributed by atoms with Gasteiger partial charge in [-0.15, -0.1) is 11.3 Å². The number of likely N-dealkylation sites (tertiary alicyclic amines) is 1. The van der Waals surface area contributed by atoms with Gasteiger partial charge >= 0.3 is 0 Å². The summed E-state index contributed by atoms with van der Waals surface area (Å²) in [5.74, 6) is 0.395. The van der Waals surface area contributed by atoms with Crippen LogP contribution in [0.4, 0.5) is 0 Å². The molecule has 0 N–H and O–H groups in total. The molecule has 0 atom stereocenters. The number of aryl methyl sites for hydroxylation is 1. The maximum atomic E-state index is 12.7. The fraction of sp³-hybridized carbons (Fsp3) is 0.474. The first-order valence-electron chi connectivity index (χ1n) is 9.18. The van der Waals surface area contributed by atoms with Gasteiger partial charge in [-0.3, -0.25) is 19.4 Å². The van der Waals surface area contributed by atoms with Crippen molar-refractivity contribution in [2.75, 3.05) is 27.2 Å². The van der Waals surface area contributed by atoms with Crippen molar-refractivity contribution < 1.29 is 4.79 Å². The van der Waals surface area contributed by atoms with Crippen molar-refractivity contribution in [1.82, 2.24) is 29.5 Å². The third-order valence-corrected chi connectivity index (χ3v) is 6.21. The molecule has 1 saturated heterocycles. The van der Waals surface area contributed by atoms with Crippen LogP contribution >= 0.6 is 11.3 Å². The highest BCUT2D eigenvalue weighted by atomic mass is 32.1. The molecule has 1 amide bonds. The first-order chi connectivity index (χ1) is 13.0. The summed E-state index contributed by atoms with van der Waals surface area (Å²) in [5.41, 5.74) is 3.24. The van der Waals surface area contributed by atoms with E-state index in [1.165, 1.54) is 16.9 Å². The lowest BCUT2D eigenvalue weighted by atomic mass is 9.88. The molecule has 0 unspecified atom stereocenters. The van der Waals surface area contributed by atoms with E-state index in [0.29, 0.717) is 5.92 Å². The van der Waals surface area contributed by atoms with E-state index >= 15 is 0 Å². The summed E-state index contributed by atoms with van der Waals surface area (Å²) in [6, 6.07) is 0. The van der Waals surface area contributed by atoms with E-state index in [2.05, 4.69) is 26.2 Å². The zero-order chi connectivity index (χ0) is 19.0. The Morgan fingerprint density at radius 3 is 2.67 bits per heavy atom. The van der Waals surface area contributed by atoms with E-state index < -0.39 is 0 Å². The average Bonchev–Trinajstić information content (AvgIpc) is 3.25. The van der Waals surface area contributed by atoms with Crippen LogP contribution in [0, 0.1) is 0 Å². The SMILES string of the molecule is CN(C)C(=O)c1sc2nccnc2c1C1CCN(Cc2cnn(C)c2)CC1. The monoisotopic (exact) mass is 384 g/mol. The Hall–Kier alpha value is -2.32. The zero-order valence-electron chi connectivity index (χ0n) is 15.9. The molecule has 1 aliphatic heterocycles. The van der Waals surface area contributed by atoms with E-state index in [9.17, 15) is 4.79 Å². The van der Waals surface area contributed by atoms with Crippen LogP contribution < -0.4 is 0 Å². The van der Waals surface area contributed by atoms with Crippen molar-refractivity contribution in [3.8, 4) is 0 Å². The molecule has 0 aromatic carbocycles. The first kappa shape index (κ1) is 18.1. The average molecular weight is 385 g/mol. The van der Waals surface area contributed by atoms with Gasteiger partial charge in [0.1, 0.15) is 10.3 Å². The van der Waals surface area contributed by atoms with Crippen LogP contribution in [0.2, 0.25) is 0 Å². The number of carbonyl (C=O) groups excluding carboxylic acids is 1. The fourth-order valence-electron chi connectivity index (χ4n) is 3.78. The van der Waals surface area contributed by atoms with E-state index in [4.69, 9.17) is 0 Å². The molecule has 0 bridgehead atoms. The normalized spacial score (nSPS) is 16.1. The summed E-state index contributed by atoms with van der Waals surface area (Å²) < 4.78 is 1.84. The Morgan fingerprint density at radius 1 is 1.26 bits per heavy atom. The van der Waals surface area contributed by atoms with E-state index in [1.807, 2.05) is 17.9 Å². The van der Waals surface area contributed by atoms with E-state index in [-0.39, 0.29) is 5.91 Å². The van der Waals surface area contributed by atoms with Gasteiger partial charge in [-0.1, -0.05) is 0 Å². The van der Waals surface area contributed by atoms with Crippen LogP contribution in [0.5, 0.6) is 0 Å². The van der Waals surface area contributed by atoms with Crippen molar-refractivity contribution in [2.45, 2.75) is 25.3 Å². The molecule has 1 aliphatic rings. The lowest BCUT2D eigenvalue weighted by molar-refractivity contribution is 0.0830. The largest absolute Gasteiger partial charge is 0.344 e. The topological polar surface area (TPSA) is 67.2 Å². The van der Waals surface area contributed by atoms with Gasteiger partial charge in [0.15, 0.2) is 0 Å². The molecule has 0 spiro atoms. The van der Waals surface area contributed by atoms with Gasteiger partial charge in [-0.25, -0.2) is 4.98 Å². The number of hydrogen-bond acceptors (Lipinski definition) is 6. The van der Waals surface area contributed by atoms with E-state index in [0.717, 1.165) is 53.3 Å². The predicted molar refractivity (Wildman–Crippen MR) is 106 cm³/mol. The zero-order valence-corrected chi connectivity index (χ0v) is 16.7. The van der Waals surface area contributed by atoms with Crippen LogP contribution in [-0.2, 0) is 13.6 Å². The molecular weight excluding hydrogens is 360 g/mol. The van der Waals surface area contributed by atoms with Crippen LogP contribution in [0.1, 0.15) is 39.6 Å². The number of rotatable bonds is 4. The van der Waals surface area contributed by atoms with Crippen molar-refractivity contribution in [2.24, 2.45) is 7.05 Å². The third kappa shape index (κ3) is 3.59. The minimum Gasteiger partial charge on any atom is -0.344 e. The molecule has 7 nitrogen and oxygen atoms in total. The second-order valence-corrected chi connectivity index (χ2v) is 8.33. The van der Waals surface area contributed by atoms with Crippen LogP contribution in [0.15, 0.2) is 24.8 Å². The maximum Gasteiger partial charge on any atom is 0.263 e. The molecule has 142 valence electrons. The summed E-state index contributed by atoms with van der Waals surface area (Å²) in [6.45, 7) is 2.94. The van der Waals surface area contributed by atoms with Crippen molar-refractivity contribution in [1.29, 1.82) is 0 Å². The van der Waals surface area contributed by atoms with Gasteiger partial charge in [0.25, 0.3) is 5.91 Å².